The van der Waals surface area contributed by atoms with E-state index in [4.69, 9.17) is 0 Å². The first-order valence-electron chi connectivity index (χ1n) is 14.0. The normalized spacial score (nSPS) is 31.9. The molecular formula is C30H39F2N4O+. The lowest BCUT2D eigenvalue weighted by molar-refractivity contribution is -0.402. The monoisotopic (exact) mass is 509 g/mol. The van der Waals surface area contributed by atoms with Gasteiger partial charge in [-0.2, -0.15) is 0 Å². The minimum atomic E-state index is -2.57. The highest BCUT2D eigenvalue weighted by Gasteiger charge is 2.54. The third kappa shape index (κ3) is 4.59. The summed E-state index contributed by atoms with van der Waals surface area (Å²) < 4.78 is 28.2. The van der Waals surface area contributed by atoms with Gasteiger partial charge >= 0.3 is 0 Å². The molecule has 6 rings (SSSR count). The molecular weight excluding hydrogens is 470 g/mol. The second kappa shape index (κ2) is 9.73. The van der Waals surface area contributed by atoms with Gasteiger partial charge in [-0.15, -0.1) is 0 Å². The van der Waals surface area contributed by atoms with Crippen LogP contribution in [0.1, 0.15) is 67.0 Å². The Labute approximate surface area is 218 Å². The molecule has 1 aromatic carbocycles. The lowest BCUT2D eigenvalue weighted by atomic mass is 9.68. The summed E-state index contributed by atoms with van der Waals surface area (Å²) in [5, 5.41) is 7.12. The van der Waals surface area contributed by atoms with Crippen molar-refractivity contribution in [2.45, 2.75) is 75.3 Å². The molecule has 3 aliphatic heterocycles. The van der Waals surface area contributed by atoms with E-state index in [0.717, 1.165) is 38.2 Å². The van der Waals surface area contributed by atoms with Crippen molar-refractivity contribution in [2.75, 3.05) is 26.2 Å². The maximum atomic E-state index is 14.5. The number of nitrogens with zero attached hydrogens (tertiary/aromatic N) is 1. The summed E-state index contributed by atoms with van der Waals surface area (Å²) in [6.07, 6.45) is 2.65. The summed E-state index contributed by atoms with van der Waals surface area (Å²) in [6.45, 7) is 5.72. The Morgan fingerprint density at radius 3 is 2.57 bits per heavy atom. The van der Waals surface area contributed by atoms with Crippen LogP contribution < -0.4 is 15.6 Å². The van der Waals surface area contributed by atoms with Gasteiger partial charge in [-0.25, -0.2) is 13.8 Å². The number of likely N-dealkylation sites (tertiary alicyclic amines) is 1. The highest BCUT2D eigenvalue weighted by Crippen LogP contribution is 2.45. The first kappa shape index (κ1) is 24.9. The van der Waals surface area contributed by atoms with Crippen LogP contribution in [0.2, 0.25) is 0 Å². The van der Waals surface area contributed by atoms with Crippen LogP contribution in [0.25, 0.3) is 0 Å². The zero-order valence-corrected chi connectivity index (χ0v) is 21.7. The first-order valence-corrected chi connectivity index (χ1v) is 14.0. The van der Waals surface area contributed by atoms with Crippen LogP contribution in [0.15, 0.2) is 42.5 Å². The van der Waals surface area contributed by atoms with Gasteiger partial charge in [-0.05, 0) is 49.1 Å². The smallest absolute Gasteiger partial charge is 0.248 e. The Kier molecular flexibility index (Phi) is 6.56. The highest BCUT2D eigenvalue weighted by molar-refractivity contribution is 5.82. The van der Waals surface area contributed by atoms with Crippen LogP contribution in [-0.2, 0) is 16.8 Å². The Bertz CT molecular complexity index is 1130. The molecule has 2 saturated heterocycles. The second-order valence-corrected chi connectivity index (χ2v) is 11.9. The first-order chi connectivity index (χ1) is 17.9. The average Bonchev–Trinajstić information content (AvgIpc) is 3.32. The number of halogens is 2. The van der Waals surface area contributed by atoms with Crippen molar-refractivity contribution in [3.05, 3.63) is 65.0 Å². The largest absolute Gasteiger partial charge is 0.339 e. The van der Waals surface area contributed by atoms with Crippen LogP contribution in [0.3, 0.4) is 0 Å². The molecule has 4 heterocycles. The molecule has 37 heavy (non-hydrogen) atoms. The number of nitrogens with one attached hydrogen (secondary N) is 3. The number of aromatic amines is 1. The van der Waals surface area contributed by atoms with E-state index in [-0.39, 0.29) is 42.0 Å². The molecule has 3 N–H and O–H groups in total. The highest BCUT2D eigenvalue weighted by atomic mass is 19.3. The molecule has 1 aromatic heterocycles. The van der Waals surface area contributed by atoms with Gasteiger partial charge in [0.1, 0.15) is 0 Å². The molecule has 4 aliphatic rings. The molecule has 1 spiro atoms. The molecule has 1 saturated carbocycles. The zero-order chi connectivity index (χ0) is 25.6. The fraction of sp³-hybridized carbons (Fsp3) is 0.600. The van der Waals surface area contributed by atoms with Gasteiger partial charge < -0.3 is 15.5 Å². The topological polar surface area (TPSA) is 58.5 Å². The lowest BCUT2D eigenvalue weighted by Crippen LogP contribution is -2.58. The van der Waals surface area contributed by atoms with E-state index in [1.807, 2.05) is 6.07 Å². The van der Waals surface area contributed by atoms with Gasteiger partial charge in [0.15, 0.2) is 11.4 Å². The quantitative estimate of drug-likeness (QED) is 0.659. The van der Waals surface area contributed by atoms with E-state index >= 15 is 0 Å². The van der Waals surface area contributed by atoms with Gasteiger partial charge in [-0.1, -0.05) is 30.3 Å². The van der Waals surface area contributed by atoms with Crippen molar-refractivity contribution in [3.8, 4) is 0 Å². The van der Waals surface area contributed by atoms with Crippen LogP contribution in [0.5, 0.6) is 0 Å². The van der Waals surface area contributed by atoms with Crippen LogP contribution in [0, 0.1) is 18.8 Å². The molecule has 5 nitrogen and oxygen atoms in total. The Hall–Kier alpha value is -2.38. The lowest BCUT2D eigenvalue weighted by Gasteiger charge is -2.48. The molecule has 198 valence electrons. The summed E-state index contributed by atoms with van der Waals surface area (Å²) in [5.41, 5.74) is 4.53. The third-order valence-electron chi connectivity index (χ3n) is 9.71. The molecule has 0 unspecified atom stereocenters. The van der Waals surface area contributed by atoms with Crippen LogP contribution in [-0.4, -0.2) is 49.0 Å². The van der Waals surface area contributed by atoms with E-state index in [2.05, 4.69) is 63.8 Å². The summed E-state index contributed by atoms with van der Waals surface area (Å²) in [7, 11) is 0. The maximum Gasteiger partial charge on any atom is 0.248 e. The Morgan fingerprint density at radius 2 is 1.78 bits per heavy atom. The van der Waals surface area contributed by atoms with E-state index in [1.165, 1.54) is 16.8 Å². The number of fused-ring (bicyclic) bond motifs is 2. The van der Waals surface area contributed by atoms with Crippen molar-refractivity contribution in [1.29, 1.82) is 0 Å². The van der Waals surface area contributed by atoms with Gasteiger partial charge in [0.05, 0.1) is 12.5 Å². The molecule has 1 amide bonds. The minimum Gasteiger partial charge on any atom is -0.339 e. The average molecular weight is 510 g/mol. The Balaban J connectivity index is 1.30. The second-order valence-electron chi connectivity index (χ2n) is 11.9. The van der Waals surface area contributed by atoms with Crippen molar-refractivity contribution in [2.24, 2.45) is 11.8 Å². The maximum absolute atomic E-state index is 14.5. The number of piperidine rings is 1. The molecule has 0 radical (unpaired) electrons. The number of carbonyl (C=O) groups excluding carboxylic acids is 1. The molecule has 3 fully saturated rings. The van der Waals surface area contributed by atoms with Crippen molar-refractivity contribution in [1.82, 2.24) is 15.5 Å². The van der Waals surface area contributed by atoms with Gasteiger partial charge in [0, 0.05) is 69.0 Å². The fourth-order valence-electron chi connectivity index (χ4n) is 7.71. The van der Waals surface area contributed by atoms with Crippen LogP contribution in [0.4, 0.5) is 8.78 Å². The number of hydrogen-bond donors (Lipinski definition) is 2. The Morgan fingerprint density at radius 1 is 1.03 bits per heavy atom. The fourth-order valence-corrected chi connectivity index (χ4v) is 7.71. The van der Waals surface area contributed by atoms with Gasteiger partial charge in [-0.3, -0.25) is 4.79 Å². The third-order valence-corrected chi connectivity index (χ3v) is 9.71. The number of benzene rings is 1. The molecule has 0 bridgehead atoms. The molecule has 7 heteroatoms. The van der Waals surface area contributed by atoms with Gasteiger partial charge in [0.25, 0.3) is 0 Å². The van der Waals surface area contributed by atoms with Crippen molar-refractivity contribution < 1.29 is 18.6 Å². The van der Waals surface area contributed by atoms with E-state index in [1.54, 1.807) is 0 Å². The van der Waals surface area contributed by atoms with Gasteiger partial charge in [0.2, 0.25) is 11.8 Å². The minimum absolute atomic E-state index is 0.0146. The summed E-state index contributed by atoms with van der Waals surface area (Å²) in [4.78, 5) is 20.1. The molecule has 2 aromatic rings. The number of hydrogen-bond acceptors (Lipinski definition) is 3. The molecule has 4 atom stereocenters. The van der Waals surface area contributed by atoms with E-state index in [0.29, 0.717) is 31.8 Å². The van der Waals surface area contributed by atoms with E-state index in [9.17, 15) is 13.6 Å². The van der Waals surface area contributed by atoms with Crippen LogP contribution >= 0.6 is 0 Å². The summed E-state index contributed by atoms with van der Waals surface area (Å²) >= 11 is 0. The SMILES string of the molecule is Cc1ccc2c([nH+]1)CNC[C@]21CNC[C@H]1C(=O)N1CC[C@@H](c2ccccc2)C[C@H]1C1CCC(F)(F)CC1. The predicted molar refractivity (Wildman–Crippen MR) is 138 cm³/mol. The van der Waals surface area contributed by atoms with Crippen molar-refractivity contribution in [3.63, 3.8) is 0 Å². The number of rotatable bonds is 3. The van der Waals surface area contributed by atoms with E-state index < -0.39 is 5.92 Å². The number of aromatic nitrogens is 1. The summed E-state index contributed by atoms with van der Waals surface area (Å²) in [6, 6.07) is 14.9. The molecule has 1 aliphatic carbocycles. The summed E-state index contributed by atoms with van der Waals surface area (Å²) in [5.74, 6) is -2.04. The number of alkyl halides is 2. The predicted octanol–water partition coefficient (Wildman–Crippen LogP) is 3.97. The number of carbonyl (C=O) groups is 1. The van der Waals surface area contributed by atoms with Crippen molar-refractivity contribution >= 4 is 5.91 Å². The zero-order valence-electron chi connectivity index (χ0n) is 21.7. The number of H-pyrrole nitrogens is 1. The number of aryl methyl sites for hydroxylation is 1. The number of amides is 1. The standard InChI is InChI=1S/C30H38F2N4O/c1-20-7-8-24-26(35-20)17-34-19-29(24)18-33-16-25(29)28(37)36-14-11-23(21-5-3-2-4-6-21)15-27(36)22-9-12-30(31,32)13-10-22/h2-8,22-23,25,27,33-34H,9-19H2,1H3/p+1/t23-,25+,27+,29-/m1/s1. The number of pyridine rings is 1.